The third-order valence-electron chi connectivity index (χ3n) is 9.18. The highest BCUT2D eigenvalue weighted by Crippen LogP contribution is 2.58. The first-order valence-electron chi connectivity index (χ1n) is 15.4. The lowest BCUT2D eigenvalue weighted by Crippen LogP contribution is -2.29. The number of fused-ring (bicyclic) bond motifs is 7. The van der Waals surface area contributed by atoms with Gasteiger partial charge in [0.1, 0.15) is 11.5 Å². The third-order valence-corrected chi connectivity index (χ3v) is 9.18. The van der Waals surface area contributed by atoms with Gasteiger partial charge in [0.2, 0.25) is 0 Å². The van der Waals surface area contributed by atoms with Gasteiger partial charge in [-0.1, -0.05) is 110 Å². The van der Waals surface area contributed by atoms with Crippen molar-refractivity contribution in [3.05, 3.63) is 181 Å². The van der Waals surface area contributed by atoms with E-state index in [0.29, 0.717) is 11.5 Å². The zero-order valence-electron chi connectivity index (χ0n) is 25.4. The number of hydrogen-bond donors (Lipinski definition) is 0. The summed E-state index contributed by atoms with van der Waals surface area (Å²) in [6.07, 6.45) is 2.32. The summed E-state index contributed by atoms with van der Waals surface area (Å²) in [4.78, 5) is 23.8. The molecular formula is C43H28O4. The molecule has 0 atom stereocenters. The Morgan fingerprint density at radius 1 is 0.511 bits per heavy atom. The largest absolute Gasteiger partial charge is 0.423 e. The van der Waals surface area contributed by atoms with Crippen LogP contribution in [-0.2, 0) is 15.0 Å². The predicted molar refractivity (Wildman–Crippen MR) is 188 cm³/mol. The quantitative estimate of drug-likeness (QED) is 0.107. The first kappa shape index (κ1) is 28.2. The molecule has 0 unspecified atom stereocenters. The van der Waals surface area contributed by atoms with Crippen molar-refractivity contribution in [1.82, 2.24) is 0 Å². The highest BCUT2D eigenvalue weighted by molar-refractivity contribution is 6.01. The molecule has 0 fully saturated rings. The molecule has 0 bridgehead atoms. The topological polar surface area (TPSA) is 52.6 Å². The molecule has 0 N–H and O–H groups in total. The number of hydrogen-bond acceptors (Lipinski definition) is 4. The van der Waals surface area contributed by atoms with Crippen LogP contribution in [0.4, 0.5) is 0 Å². The number of carbonyl (C=O) groups is 2. The van der Waals surface area contributed by atoms with Crippen LogP contribution in [0.3, 0.4) is 0 Å². The summed E-state index contributed by atoms with van der Waals surface area (Å²) in [6, 6.07) is 46.2. The molecule has 1 aliphatic rings. The Morgan fingerprint density at radius 2 is 1.02 bits per heavy atom. The first-order valence-corrected chi connectivity index (χ1v) is 15.4. The van der Waals surface area contributed by atoms with Crippen molar-refractivity contribution in [2.24, 2.45) is 0 Å². The number of carbonyl (C=O) groups excluding carboxylic acids is 2. The molecule has 8 rings (SSSR count). The minimum atomic E-state index is -0.656. The summed E-state index contributed by atoms with van der Waals surface area (Å²) in [5.74, 6) is -0.0401. The maximum Gasteiger partial charge on any atom is 0.335 e. The molecule has 4 nitrogen and oxygen atoms in total. The number of rotatable bonds is 6. The average Bonchev–Trinajstić information content (AvgIpc) is 3.42. The van der Waals surface area contributed by atoms with Crippen molar-refractivity contribution in [2.45, 2.75) is 5.41 Å². The fourth-order valence-electron chi connectivity index (χ4n) is 7.20. The van der Waals surface area contributed by atoms with E-state index in [1.54, 1.807) is 0 Å². The number of esters is 2. The van der Waals surface area contributed by atoms with Crippen molar-refractivity contribution < 1.29 is 19.1 Å². The lowest BCUT2D eigenvalue weighted by molar-refractivity contribution is -0.129. The van der Waals surface area contributed by atoms with E-state index in [0.717, 1.165) is 44.8 Å². The molecule has 7 aromatic carbocycles. The van der Waals surface area contributed by atoms with Crippen LogP contribution in [0, 0.1) is 0 Å². The Bertz CT molecular complexity index is 2350. The number of ether oxygens (including phenoxy) is 2. The summed E-state index contributed by atoms with van der Waals surface area (Å²) >= 11 is 0. The van der Waals surface area contributed by atoms with Crippen molar-refractivity contribution in [2.75, 3.05) is 0 Å². The van der Waals surface area contributed by atoms with E-state index in [1.807, 2.05) is 36.4 Å². The van der Waals surface area contributed by atoms with Crippen molar-refractivity contribution in [3.8, 4) is 22.6 Å². The van der Waals surface area contributed by atoms with Gasteiger partial charge in [-0.25, -0.2) is 9.59 Å². The van der Waals surface area contributed by atoms with Crippen LogP contribution < -0.4 is 9.47 Å². The summed E-state index contributed by atoms with van der Waals surface area (Å²) < 4.78 is 10.8. The van der Waals surface area contributed by atoms with Gasteiger partial charge >= 0.3 is 11.9 Å². The van der Waals surface area contributed by atoms with Crippen molar-refractivity contribution >= 4 is 44.3 Å². The smallest absolute Gasteiger partial charge is 0.335 e. The second-order valence-corrected chi connectivity index (χ2v) is 11.7. The Morgan fingerprint density at radius 3 is 1.64 bits per heavy atom. The monoisotopic (exact) mass is 608 g/mol. The van der Waals surface area contributed by atoms with Gasteiger partial charge in [-0.05, 0) is 102 Å². The third kappa shape index (κ3) is 4.45. The molecule has 224 valence electrons. The minimum Gasteiger partial charge on any atom is -0.423 e. The van der Waals surface area contributed by atoms with Crippen LogP contribution in [0.5, 0.6) is 11.5 Å². The fourth-order valence-corrected chi connectivity index (χ4v) is 7.20. The fraction of sp³-hybridized carbons (Fsp3) is 0.0233. The lowest BCUT2D eigenvalue weighted by Gasteiger charge is -2.35. The Labute approximate surface area is 271 Å². The van der Waals surface area contributed by atoms with E-state index in [-0.39, 0.29) is 0 Å². The standard InChI is InChI=1S/C43H28O4/c1-3-40(44)46-34-20-15-28-23-32(18-13-30(28)25-34)43(33-19-14-31-26-35(47-41(45)4-2)21-16-29(31)24-33)39-12-8-7-11-37(39)38-22-17-27-9-5-6-10-36(27)42(38)43/h3-26H,1-2H2. The second-order valence-electron chi connectivity index (χ2n) is 11.7. The van der Waals surface area contributed by atoms with E-state index in [1.165, 1.54) is 33.0 Å². The zero-order chi connectivity index (χ0) is 32.1. The molecule has 1 aliphatic carbocycles. The molecule has 0 aliphatic heterocycles. The SMILES string of the molecule is C=CC(=O)Oc1ccc2cc(C3(c4ccc5cc(OC(=O)C=C)ccc5c4)c4ccccc4-c4ccc5ccccc5c43)ccc2c1. The molecule has 7 aromatic rings. The molecular weight excluding hydrogens is 580 g/mol. The normalized spacial score (nSPS) is 12.8. The molecule has 0 saturated carbocycles. The van der Waals surface area contributed by atoms with Gasteiger partial charge in [0.25, 0.3) is 0 Å². The maximum atomic E-state index is 11.9. The minimum absolute atomic E-state index is 0.472. The van der Waals surface area contributed by atoms with Crippen LogP contribution in [0.2, 0.25) is 0 Å². The van der Waals surface area contributed by atoms with E-state index in [4.69, 9.17) is 9.47 Å². The lowest BCUT2D eigenvalue weighted by atomic mass is 9.66. The molecule has 0 heterocycles. The Hall–Kier alpha value is -6.26. The maximum absolute atomic E-state index is 11.9. The van der Waals surface area contributed by atoms with E-state index in [9.17, 15) is 9.59 Å². The predicted octanol–water partition coefficient (Wildman–Crippen LogP) is 9.69. The summed E-state index contributed by atoms with van der Waals surface area (Å²) in [7, 11) is 0. The Balaban J connectivity index is 1.42. The van der Waals surface area contributed by atoms with Crippen LogP contribution in [0.25, 0.3) is 43.4 Å². The molecule has 47 heavy (non-hydrogen) atoms. The van der Waals surface area contributed by atoms with E-state index >= 15 is 0 Å². The summed E-state index contributed by atoms with van der Waals surface area (Å²) in [5, 5.41) is 6.35. The van der Waals surface area contributed by atoms with Crippen molar-refractivity contribution in [3.63, 3.8) is 0 Å². The van der Waals surface area contributed by atoms with Crippen LogP contribution in [0.15, 0.2) is 159 Å². The van der Waals surface area contributed by atoms with Gasteiger partial charge in [-0.3, -0.25) is 0 Å². The molecule has 4 heteroatoms. The Kier molecular flexibility index (Phi) is 6.59. The zero-order valence-corrected chi connectivity index (χ0v) is 25.4. The highest BCUT2D eigenvalue weighted by Gasteiger charge is 2.47. The first-order chi connectivity index (χ1) is 23.0. The van der Waals surface area contributed by atoms with Gasteiger partial charge in [-0.15, -0.1) is 0 Å². The van der Waals surface area contributed by atoms with Crippen LogP contribution in [0.1, 0.15) is 22.3 Å². The van der Waals surface area contributed by atoms with Gasteiger partial charge < -0.3 is 9.47 Å². The van der Waals surface area contributed by atoms with E-state index < -0.39 is 17.4 Å². The van der Waals surface area contributed by atoms with Gasteiger partial charge in [0.15, 0.2) is 0 Å². The van der Waals surface area contributed by atoms with Gasteiger partial charge in [-0.2, -0.15) is 0 Å². The molecule has 0 amide bonds. The van der Waals surface area contributed by atoms with Crippen molar-refractivity contribution in [1.29, 1.82) is 0 Å². The molecule has 0 saturated heterocycles. The van der Waals surface area contributed by atoms with Gasteiger partial charge in [0.05, 0.1) is 5.41 Å². The second kappa shape index (κ2) is 11.0. The average molecular weight is 609 g/mol. The van der Waals surface area contributed by atoms with E-state index in [2.05, 4.69) is 110 Å². The number of benzene rings is 7. The summed E-state index contributed by atoms with van der Waals surface area (Å²) in [5.41, 5.74) is 6.45. The molecule has 0 radical (unpaired) electrons. The highest BCUT2D eigenvalue weighted by atomic mass is 16.5. The van der Waals surface area contributed by atoms with Gasteiger partial charge in [0, 0.05) is 12.2 Å². The summed E-state index contributed by atoms with van der Waals surface area (Å²) in [6.45, 7) is 7.02. The van der Waals surface area contributed by atoms with Crippen LogP contribution in [-0.4, -0.2) is 11.9 Å². The molecule has 0 spiro atoms. The van der Waals surface area contributed by atoms with Crippen LogP contribution >= 0.6 is 0 Å². The molecule has 0 aromatic heterocycles.